The van der Waals surface area contributed by atoms with Gasteiger partial charge in [-0.15, -0.1) is 0 Å². The number of rotatable bonds is 4. The van der Waals surface area contributed by atoms with Gasteiger partial charge in [-0.1, -0.05) is 12.1 Å². The molecule has 0 spiro atoms. The number of nitrogens with two attached hydrogens (primary N) is 1. The summed E-state index contributed by atoms with van der Waals surface area (Å²) in [5.41, 5.74) is 7.81. The minimum absolute atomic E-state index is 0.502. The van der Waals surface area contributed by atoms with Gasteiger partial charge in [0.25, 0.3) is 0 Å². The van der Waals surface area contributed by atoms with Gasteiger partial charge in [-0.05, 0) is 31.0 Å². The molecule has 1 amide bonds. The van der Waals surface area contributed by atoms with Crippen molar-refractivity contribution >= 4 is 12.1 Å². The zero-order valence-corrected chi connectivity index (χ0v) is 10.9. The van der Waals surface area contributed by atoms with E-state index in [0.29, 0.717) is 6.04 Å². The summed E-state index contributed by atoms with van der Waals surface area (Å²) in [6, 6.07) is 8.59. The first kappa shape index (κ1) is 12.9. The number of benzene rings is 1. The second kappa shape index (κ2) is 5.87. The third kappa shape index (κ3) is 3.23. The fourth-order valence-electron chi connectivity index (χ4n) is 2.41. The summed E-state index contributed by atoms with van der Waals surface area (Å²) in [6.45, 7) is 5.86. The molecule has 4 heteroatoms. The molecule has 0 bridgehead atoms. The number of nitrogens with zero attached hydrogens (tertiary/aromatic N) is 2. The highest BCUT2D eigenvalue weighted by Gasteiger charge is 2.20. The van der Waals surface area contributed by atoms with E-state index in [2.05, 4.69) is 24.0 Å². The first-order valence-corrected chi connectivity index (χ1v) is 6.47. The molecule has 1 fully saturated rings. The van der Waals surface area contributed by atoms with Crippen LogP contribution in [0.5, 0.6) is 0 Å². The van der Waals surface area contributed by atoms with Crippen LogP contribution in [-0.4, -0.2) is 48.4 Å². The van der Waals surface area contributed by atoms with Gasteiger partial charge in [0.2, 0.25) is 6.41 Å². The van der Waals surface area contributed by atoms with Gasteiger partial charge in [-0.25, -0.2) is 0 Å². The normalized spacial score (nSPS) is 18.6. The van der Waals surface area contributed by atoms with E-state index >= 15 is 0 Å². The zero-order chi connectivity index (χ0) is 13.0. The van der Waals surface area contributed by atoms with Crippen LogP contribution in [0.3, 0.4) is 0 Å². The van der Waals surface area contributed by atoms with Gasteiger partial charge >= 0.3 is 0 Å². The highest BCUT2D eigenvalue weighted by atomic mass is 16.1. The van der Waals surface area contributed by atoms with E-state index in [4.69, 9.17) is 5.73 Å². The van der Waals surface area contributed by atoms with Crippen molar-refractivity contribution in [3.63, 3.8) is 0 Å². The van der Waals surface area contributed by atoms with Crippen molar-refractivity contribution in [1.29, 1.82) is 0 Å². The van der Waals surface area contributed by atoms with E-state index < -0.39 is 0 Å². The Morgan fingerprint density at radius 3 is 2.39 bits per heavy atom. The molecule has 0 aromatic heterocycles. The van der Waals surface area contributed by atoms with Gasteiger partial charge in [0, 0.05) is 37.9 Å². The molecule has 1 aromatic carbocycles. The number of hydrogen-bond donors (Lipinski definition) is 1. The number of hydrogen-bond acceptors (Lipinski definition) is 3. The average molecular weight is 247 g/mol. The van der Waals surface area contributed by atoms with Crippen LogP contribution in [0.15, 0.2) is 24.3 Å². The molecule has 1 heterocycles. The predicted molar refractivity (Wildman–Crippen MR) is 73.2 cm³/mol. The Morgan fingerprint density at radius 2 is 1.83 bits per heavy atom. The molecular formula is C14H21N3O. The molecule has 1 aliphatic rings. The minimum atomic E-state index is 0.502. The Balaban J connectivity index is 1.86. The quantitative estimate of drug-likeness (QED) is 0.637. The summed E-state index contributed by atoms with van der Waals surface area (Å²) in [5.74, 6) is 0. The van der Waals surface area contributed by atoms with Crippen molar-refractivity contribution in [2.45, 2.75) is 19.4 Å². The fraction of sp³-hybridized carbons (Fsp3) is 0.500. The standard InChI is InChI=1S/C14H21N3O/c1-12(10-13-2-4-14(15)5-3-13)17-8-6-16(11-18)7-9-17/h2-5,11-12H,6-10,15H2,1H3. The fourth-order valence-corrected chi connectivity index (χ4v) is 2.41. The Bertz CT molecular complexity index is 383. The first-order chi connectivity index (χ1) is 8.69. The molecular weight excluding hydrogens is 226 g/mol. The minimum Gasteiger partial charge on any atom is -0.399 e. The smallest absolute Gasteiger partial charge is 0.209 e. The topological polar surface area (TPSA) is 49.6 Å². The van der Waals surface area contributed by atoms with Gasteiger partial charge in [0.05, 0.1) is 0 Å². The van der Waals surface area contributed by atoms with Crippen LogP contribution in [0.2, 0.25) is 0 Å². The number of carbonyl (C=O) groups excluding carboxylic acids is 1. The van der Waals surface area contributed by atoms with Crippen molar-refractivity contribution in [1.82, 2.24) is 9.80 Å². The Hall–Kier alpha value is -1.55. The molecule has 1 atom stereocenters. The van der Waals surface area contributed by atoms with E-state index in [9.17, 15) is 4.79 Å². The number of piperazine rings is 1. The van der Waals surface area contributed by atoms with Crippen LogP contribution in [0.25, 0.3) is 0 Å². The molecule has 1 unspecified atom stereocenters. The van der Waals surface area contributed by atoms with Gasteiger partial charge in [0.15, 0.2) is 0 Å². The van der Waals surface area contributed by atoms with Crippen molar-refractivity contribution < 1.29 is 4.79 Å². The Morgan fingerprint density at radius 1 is 1.22 bits per heavy atom. The van der Waals surface area contributed by atoms with E-state index in [-0.39, 0.29) is 0 Å². The number of carbonyl (C=O) groups is 1. The van der Waals surface area contributed by atoms with Gasteiger partial charge < -0.3 is 10.6 Å². The van der Waals surface area contributed by atoms with Gasteiger partial charge in [-0.2, -0.15) is 0 Å². The largest absolute Gasteiger partial charge is 0.399 e. The van der Waals surface area contributed by atoms with Crippen LogP contribution in [0.1, 0.15) is 12.5 Å². The van der Waals surface area contributed by atoms with E-state index in [1.54, 1.807) is 0 Å². The molecule has 1 saturated heterocycles. The maximum Gasteiger partial charge on any atom is 0.209 e. The summed E-state index contributed by atoms with van der Waals surface area (Å²) in [6.07, 6.45) is 1.98. The SMILES string of the molecule is CC(Cc1ccc(N)cc1)N1CCN(C=O)CC1. The molecule has 98 valence electrons. The second-order valence-electron chi connectivity index (χ2n) is 4.97. The highest BCUT2D eigenvalue weighted by molar-refractivity contribution is 5.47. The van der Waals surface area contributed by atoms with Crippen molar-refractivity contribution in [3.8, 4) is 0 Å². The third-order valence-electron chi connectivity index (χ3n) is 3.63. The molecule has 2 N–H and O–H groups in total. The Kier molecular flexibility index (Phi) is 4.20. The Labute approximate surface area is 108 Å². The molecule has 0 aliphatic carbocycles. The van der Waals surface area contributed by atoms with Gasteiger partial charge in [-0.3, -0.25) is 9.69 Å². The summed E-state index contributed by atoms with van der Waals surface area (Å²) in [4.78, 5) is 14.9. The maximum absolute atomic E-state index is 10.7. The maximum atomic E-state index is 10.7. The second-order valence-corrected chi connectivity index (χ2v) is 4.97. The van der Waals surface area contributed by atoms with E-state index in [1.807, 2.05) is 17.0 Å². The highest BCUT2D eigenvalue weighted by Crippen LogP contribution is 2.12. The predicted octanol–water partition coefficient (Wildman–Crippen LogP) is 0.974. The number of amides is 1. The lowest BCUT2D eigenvalue weighted by Crippen LogP contribution is -2.49. The van der Waals surface area contributed by atoms with Crippen LogP contribution in [0.4, 0.5) is 5.69 Å². The molecule has 1 aliphatic heterocycles. The lowest BCUT2D eigenvalue weighted by molar-refractivity contribution is -0.120. The number of anilines is 1. The monoisotopic (exact) mass is 247 g/mol. The molecule has 0 saturated carbocycles. The van der Waals surface area contributed by atoms with Crippen LogP contribution in [-0.2, 0) is 11.2 Å². The summed E-state index contributed by atoms with van der Waals surface area (Å²) in [7, 11) is 0. The lowest BCUT2D eigenvalue weighted by Gasteiger charge is -2.36. The average Bonchev–Trinajstić information content (AvgIpc) is 2.41. The van der Waals surface area contributed by atoms with E-state index in [1.165, 1.54) is 5.56 Å². The van der Waals surface area contributed by atoms with Gasteiger partial charge in [0.1, 0.15) is 0 Å². The molecule has 18 heavy (non-hydrogen) atoms. The van der Waals surface area contributed by atoms with Crippen molar-refractivity contribution in [2.24, 2.45) is 0 Å². The van der Waals surface area contributed by atoms with Crippen molar-refractivity contribution in [2.75, 3.05) is 31.9 Å². The van der Waals surface area contributed by atoms with Crippen LogP contribution in [0, 0.1) is 0 Å². The number of nitrogen functional groups attached to an aromatic ring is 1. The summed E-state index contributed by atoms with van der Waals surface area (Å²) >= 11 is 0. The van der Waals surface area contributed by atoms with Crippen molar-refractivity contribution in [3.05, 3.63) is 29.8 Å². The molecule has 1 aromatic rings. The summed E-state index contributed by atoms with van der Waals surface area (Å²) < 4.78 is 0. The zero-order valence-electron chi connectivity index (χ0n) is 10.9. The molecule has 4 nitrogen and oxygen atoms in total. The first-order valence-electron chi connectivity index (χ1n) is 6.47. The lowest BCUT2D eigenvalue weighted by atomic mass is 10.0. The third-order valence-corrected chi connectivity index (χ3v) is 3.63. The van der Waals surface area contributed by atoms with Crippen LogP contribution < -0.4 is 5.73 Å². The molecule has 2 rings (SSSR count). The summed E-state index contributed by atoms with van der Waals surface area (Å²) in [5, 5.41) is 0. The molecule has 0 radical (unpaired) electrons. The van der Waals surface area contributed by atoms with E-state index in [0.717, 1.165) is 44.7 Å². The van der Waals surface area contributed by atoms with Crippen LogP contribution >= 0.6 is 0 Å².